The molecule has 4 nitrogen and oxygen atoms in total. The van der Waals surface area contributed by atoms with Crippen LogP contribution in [0.2, 0.25) is 5.02 Å². The van der Waals surface area contributed by atoms with Crippen LogP contribution in [0.25, 0.3) is 0 Å². The van der Waals surface area contributed by atoms with Gasteiger partial charge >= 0.3 is 0 Å². The van der Waals surface area contributed by atoms with Crippen LogP contribution in [0.1, 0.15) is 5.82 Å². The molecule has 2 aromatic rings. The van der Waals surface area contributed by atoms with Crippen LogP contribution < -0.4 is 10.6 Å². The molecule has 2 N–H and O–H groups in total. The lowest BCUT2D eigenvalue weighted by molar-refractivity contribution is 0.762. The van der Waals surface area contributed by atoms with Gasteiger partial charge in [0.25, 0.3) is 0 Å². The molecule has 1 aromatic heterocycles. The van der Waals surface area contributed by atoms with E-state index in [9.17, 15) is 0 Å². The number of nitrogens with zero attached hydrogens (tertiary/aromatic N) is 3. The fraction of sp³-hybridized carbons (Fsp3) is 0.250. The van der Waals surface area contributed by atoms with Gasteiger partial charge in [-0.2, -0.15) is 0 Å². The smallest absolute Gasteiger partial charge is 0.127 e. The SMILES string of the molecule is CN(Cc1nccn1C)c1c(N)cccc1Cl. The van der Waals surface area contributed by atoms with Crippen LogP contribution in [0.4, 0.5) is 11.4 Å². The highest BCUT2D eigenvalue weighted by atomic mass is 35.5. The first-order chi connectivity index (χ1) is 8.09. The van der Waals surface area contributed by atoms with Crippen molar-refractivity contribution < 1.29 is 0 Å². The number of halogens is 1. The predicted molar refractivity (Wildman–Crippen MR) is 71.2 cm³/mol. The van der Waals surface area contributed by atoms with Gasteiger partial charge in [-0.3, -0.25) is 0 Å². The van der Waals surface area contributed by atoms with Gasteiger partial charge < -0.3 is 15.2 Å². The maximum Gasteiger partial charge on any atom is 0.127 e. The second-order valence-electron chi connectivity index (χ2n) is 3.99. The molecule has 90 valence electrons. The molecule has 0 saturated heterocycles. The van der Waals surface area contributed by atoms with Crippen molar-refractivity contribution in [3.63, 3.8) is 0 Å². The van der Waals surface area contributed by atoms with Crippen LogP contribution in [-0.2, 0) is 13.6 Å². The Hall–Kier alpha value is -1.68. The minimum absolute atomic E-state index is 0.654. The molecule has 0 spiro atoms. The van der Waals surface area contributed by atoms with Gasteiger partial charge in [0, 0.05) is 26.5 Å². The third kappa shape index (κ3) is 2.36. The number of aryl methyl sites for hydroxylation is 1. The van der Waals surface area contributed by atoms with Crippen LogP contribution in [0, 0.1) is 0 Å². The van der Waals surface area contributed by atoms with Gasteiger partial charge in [0.05, 0.1) is 22.9 Å². The summed E-state index contributed by atoms with van der Waals surface area (Å²) in [5.41, 5.74) is 7.46. The number of rotatable bonds is 3. The lowest BCUT2D eigenvalue weighted by Gasteiger charge is -2.21. The topological polar surface area (TPSA) is 47.1 Å². The van der Waals surface area contributed by atoms with Crippen molar-refractivity contribution in [3.05, 3.63) is 41.4 Å². The maximum absolute atomic E-state index is 6.16. The quantitative estimate of drug-likeness (QED) is 0.851. The van der Waals surface area contributed by atoms with E-state index < -0.39 is 0 Å². The average Bonchev–Trinajstić information content (AvgIpc) is 2.64. The Kier molecular flexibility index (Phi) is 3.24. The van der Waals surface area contributed by atoms with Gasteiger partial charge in [0.2, 0.25) is 0 Å². The van der Waals surface area contributed by atoms with E-state index in [-0.39, 0.29) is 0 Å². The zero-order valence-electron chi connectivity index (χ0n) is 9.89. The number of imidazole rings is 1. The first kappa shape index (κ1) is 11.8. The van der Waals surface area contributed by atoms with Gasteiger partial charge in [0.1, 0.15) is 5.82 Å². The van der Waals surface area contributed by atoms with Crippen molar-refractivity contribution in [1.82, 2.24) is 9.55 Å². The molecule has 0 unspecified atom stereocenters. The fourth-order valence-electron chi connectivity index (χ4n) is 1.77. The first-order valence-electron chi connectivity index (χ1n) is 5.31. The van der Waals surface area contributed by atoms with Crippen molar-refractivity contribution in [2.24, 2.45) is 7.05 Å². The average molecular weight is 251 g/mol. The molecule has 0 aliphatic heterocycles. The number of hydrogen-bond acceptors (Lipinski definition) is 3. The monoisotopic (exact) mass is 250 g/mol. The summed E-state index contributed by atoms with van der Waals surface area (Å²) in [6.45, 7) is 0.664. The third-order valence-corrected chi connectivity index (χ3v) is 3.00. The molecular weight excluding hydrogens is 236 g/mol. The molecule has 0 aliphatic carbocycles. The second kappa shape index (κ2) is 4.67. The third-order valence-electron chi connectivity index (χ3n) is 2.70. The summed E-state index contributed by atoms with van der Waals surface area (Å²) in [5, 5.41) is 0.654. The van der Waals surface area contributed by atoms with Crippen molar-refractivity contribution in [1.29, 1.82) is 0 Å². The Labute approximate surface area is 106 Å². The van der Waals surface area contributed by atoms with E-state index >= 15 is 0 Å². The summed E-state index contributed by atoms with van der Waals surface area (Å²) in [6, 6.07) is 5.52. The highest BCUT2D eigenvalue weighted by Gasteiger charge is 2.11. The van der Waals surface area contributed by atoms with Crippen LogP contribution in [0.15, 0.2) is 30.6 Å². The summed E-state index contributed by atoms with van der Waals surface area (Å²) in [5.74, 6) is 0.965. The summed E-state index contributed by atoms with van der Waals surface area (Å²) in [4.78, 5) is 6.28. The highest BCUT2D eigenvalue weighted by molar-refractivity contribution is 6.33. The maximum atomic E-state index is 6.16. The van der Waals surface area contributed by atoms with E-state index in [2.05, 4.69) is 4.98 Å². The molecule has 0 atom stereocenters. The van der Waals surface area contributed by atoms with E-state index in [4.69, 9.17) is 17.3 Å². The number of hydrogen-bond donors (Lipinski definition) is 1. The lowest BCUT2D eigenvalue weighted by Crippen LogP contribution is -2.20. The van der Waals surface area contributed by atoms with Crippen LogP contribution in [-0.4, -0.2) is 16.6 Å². The lowest BCUT2D eigenvalue weighted by atomic mass is 10.2. The minimum atomic E-state index is 0.654. The number of nitrogen functional groups attached to an aromatic ring is 1. The molecule has 5 heteroatoms. The molecular formula is C12H15ClN4. The molecule has 0 fully saturated rings. The van der Waals surface area contributed by atoms with E-state index in [1.807, 2.05) is 48.0 Å². The van der Waals surface area contributed by atoms with Gasteiger partial charge in [-0.15, -0.1) is 0 Å². The van der Waals surface area contributed by atoms with Gasteiger partial charge in [0.15, 0.2) is 0 Å². The molecule has 17 heavy (non-hydrogen) atoms. The van der Waals surface area contributed by atoms with E-state index in [0.29, 0.717) is 17.3 Å². The standard InChI is InChI=1S/C12H15ClN4/c1-16-7-6-15-11(16)8-17(2)12-9(13)4-3-5-10(12)14/h3-7H,8,14H2,1-2H3. The van der Waals surface area contributed by atoms with Crippen molar-refractivity contribution in [3.8, 4) is 0 Å². The molecule has 0 amide bonds. The number of nitrogens with two attached hydrogens (primary N) is 1. The predicted octanol–water partition coefficient (Wildman–Crippen LogP) is 2.29. The molecule has 0 radical (unpaired) electrons. The summed E-state index contributed by atoms with van der Waals surface area (Å²) in [6.07, 6.45) is 3.69. The van der Waals surface area contributed by atoms with E-state index in [1.54, 1.807) is 6.20 Å². The molecule has 1 aromatic carbocycles. The van der Waals surface area contributed by atoms with Gasteiger partial charge in [-0.05, 0) is 12.1 Å². The Bertz CT molecular complexity index is 501. The number of anilines is 2. The van der Waals surface area contributed by atoms with E-state index in [0.717, 1.165) is 11.5 Å². The molecule has 0 saturated carbocycles. The Morgan fingerprint density at radius 2 is 2.24 bits per heavy atom. The number of aromatic nitrogens is 2. The van der Waals surface area contributed by atoms with Crippen LogP contribution in [0.5, 0.6) is 0 Å². The molecule has 0 bridgehead atoms. The summed E-state index contributed by atoms with van der Waals surface area (Å²) < 4.78 is 1.98. The fourth-order valence-corrected chi connectivity index (χ4v) is 2.10. The van der Waals surface area contributed by atoms with Crippen LogP contribution >= 0.6 is 11.6 Å². The van der Waals surface area contributed by atoms with E-state index in [1.165, 1.54) is 0 Å². The summed E-state index contributed by atoms with van der Waals surface area (Å²) in [7, 11) is 3.92. The second-order valence-corrected chi connectivity index (χ2v) is 4.40. The van der Waals surface area contributed by atoms with Gasteiger partial charge in [-0.1, -0.05) is 17.7 Å². The zero-order valence-corrected chi connectivity index (χ0v) is 10.6. The van der Waals surface area contributed by atoms with Crippen LogP contribution in [0.3, 0.4) is 0 Å². The van der Waals surface area contributed by atoms with Crippen molar-refractivity contribution in [2.45, 2.75) is 6.54 Å². The molecule has 1 heterocycles. The largest absolute Gasteiger partial charge is 0.397 e. The first-order valence-corrected chi connectivity index (χ1v) is 5.68. The number of benzene rings is 1. The summed E-state index contributed by atoms with van der Waals surface area (Å²) >= 11 is 6.16. The van der Waals surface area contributed by atoms with Crippen molar-refractivity contribution >= 4 is 23.0 Å². The van der Waals surface area contributed by atoms with Crippen molar-refractivity contribution in [2.75, 3.05) is 17.7 Å². The normalized spacial score (nSPS) is 10.5. The number of para-hydroxylation sites is 1. The molecule has 0 aliphatic rings. The Balaban J connectivity index is 2.26. The Morgan fingerprint density at radius 1 is 1.47 bits per heavy atom. The molecule has 2 rings (SSSR count). The highest BCUT2D eigenvalue weighted by Crippen LogP contribution is 2.31. The minimum Gasteiger partial charge on any atom is -0.397 e. The zero-order chi connectivity index (χ0) is 12.4. The Morgan fingerprint density at radius 3 is 2.82 bits per heavy atom. The van der Waals surface area contributed by atoms with Gasteiger partial charge in [-0.25, -0.2) is 4.98 Å².